The van der Waals surface area contributed by atoms with Crippen molar-refractivity contribution < 1.29 is 9.53 Å². The zero-order chi connectivity index (χ0) is 13.3. The first-order valence-corrected chi connectivity index (χ1v) is 6.99. The highest BCUT2D eigenvalue weighted by atomic mass is 16.5. The van der Waals surface area contributed by atoms with Crippen molar-refractivity contribution in [1.29, 1.82) is 0 Å². The highest BCUT2D eigenvalue weighted by Gasteiger charge is 2.34. The Morgan fingerprint density at radius 2 is 2.05 bits per heavy atom. The predicted octanol–water partition coefficient (Wildman–Crippen LogP) is 2.07. The van der Waals surface area contributed by atoms with Crippen LogP contribution < -0.4 is 15.4 Å². The number of amides is 1. The summed E-state index contributed by atoms with van der Waals surface area (Å²) in [6.45, 7) is 1.17. The second kappa shape index (κ2) is 4.85. The molecular weight excluding hydrogens is 240 g/mol. The van der Waals surface area contributed by atoms with Gasteiger partial charge in [-0.05, 0) is 25.0 Å². The average molecular weight is 260 g/mol. The van der Waals surface area contributed by atoms with Crippen LogP contribution in [-0.2, 0) is 4.79 Å². The number of carbonyl (C=O) groups excluding carboxylic acids is 1. The maximum atomic E-state index is 12.5. The summed E-state index contributed by atoms with van der Waals surface area (Å²) in [5.41, 5.74) is 6.90. The van der Waals surface area contributed by atoms with Crippen LogP contribution in [0.3, 0.4) is 0 Å². The van der Waals surface area contributed by atoms with Crippen LogP contribution in [0.1, 0.15) is 32.1 Å². The Morgan fingerprint density at radius 3 is 2.84 bits per heavy atom. The zero-order valence-corrected chi connectivity index (χ0v) is 11.1. The molecule has 1 amide bonds. The van der Waals surface area contributed by atoms with E-state index < -0.39 is 0 Å². The zero-order valence-electron chi connectivity index (χ0n) is 11.1. The van der Waals surface area contributed by atoms with Gasteiger partial charge in [-0.2, -0.15) is 0 Å². The van der Waals surface area contributed by atoms with Crippen molar-refractivity contribution >= 4 is 11.6 Å². The van der Waals surface area contributed by atoms with Gasteiger partial charge in [0.2, 0.25) is 5.91 Å². The first kappa shape index (κ1) is 12.5. The van der Waals surface area contributed by atoms with Crippen LogP contribution in [0.25, 0.3) is 0 Å². The van der Waals surface area contributed by atoms with Crippen LogP contribution >= 0.6 is 0 Å². The number of rotatable bonds is 2. The lowest BCUT2D eigenvalue weighted by molar-refractivity contribution is -0.120. The van der Waals surface area contributed by atoms with Crippen LogP contribution in [0, 0.1) is 0 Å². The molecule has 1 saturated carbocycles. The molecule has 1 heterocycles. The van der Waals surface area contributed by atoms with Gasteiger partial charge in [-0.3, -0.25) is 4.79 Å². The normalized spacial score (nSPS) is 20.8. The first-order valence-electron chi connectivity index (χ1n) is 6.99. The number of hydrogen-bond donors (Lipinski definition) is 1. The number of para-hydroxylation sites is 2. The predicted molar refractivity (Wildman–Crippen MR) is 74.3 cm³/mol. The summed E-state index contributed by atoms with van der Waals surface area (Å²) in [7, 11) is 0. The van der Waals surface area contributed by atoms with Crippen molar-refractivity contribution in [2.24, 2.45) is 5.73 Å². The minimum Gasteiger partial charge on any atom is -0.490 e. The van der Waals surface area contributed by atoms with E-state index in [0.717, 1.165) is 37.1 Å². The van der Waals surface area contributed by atoms with Crippen molar-refractivity contribution in [2.45, 2.75) is 37.6 Å². The second-order valence-electron chi connectivity index (χ2n) is 5.61. The highest BCUT2D eigenvalue weighted by Crippen LogP contribution is 2.34. The summed E-state index contributed by atoms with van der Waals surface area (Å²) in [6.07, 6.45) is 4.66. The lowest BCUT2D eigenvalue weighted by Crippen LogP contribution is -2.46. The Hall–Kier alpha value is -1.55. The fourth-order valence-corrected chi connectivity index (χ4v) is 3.08. The van der Waals surface area contributed by atoms with Crippen molar-refractivity contribution in [3.8, 4) is 5.75 Å². The molecule has 1 aliphatic carbocycles. The maximum absolute atomic E-state index is 12.5. The molecule has 1 aromatic rings. The summed E-state index contributed by atoms with van der Waals surface area (Å²) < 4.78 is 5.57. The van der Waals surface area contributed by atoms with Crippen LogP contribution in [0.2, 0.25) is 0 Å². The van der Waals surface area contributed by atoms with Gasteiger partial charge in [0.15, 0.2) is 0 Å². The fraction of sp³-hybridized carbons (Fsp3) is 0.533. The molecular formula is C15H20N2O2. The smallest absolute Gasteiger partial charge is 0.229 e. The Morgan fingerprint density at radius 1 is 1.32 bits per heavy atom. The molecule has 3 rings (SSSR count). The van der Waals surface area contributed by atoms with E-state index in [1.807, 2.05) is 29.2 Å². The Bertz CT molecular complexity index is 481. The number of hydrogen-bond acceptors (Lipinski definition) is 3. The van der Waals surface area contributed by atoms with Crippen molar-refractivity contribution in [1.82, 2.24) is 0 Å². The third-order valence-electron chi connectivity index (χ3n) is 4.13. The Labute approximate surface area is 113 Å². The summed E-state index contributed by atoms with van der Waals surface area (Å²) in [5.74, 6) is 0.916. The van der Waals surface area contributed by atoms with Gasteiger partial charge in [-0.25, -0.2) is 0 Å². The van der Waals surface area contributed by atoms with Gasteiger partial charge < -0.3 is 15.4 Å². The van der Waals surface area contributed by atoms with E-state index in [1.165, 1.54) is 0 Å². The summed E-state index contributed by atoms with van der Waals surface area (Å²) in [5, 5.41) is 0. The molecule has 0 atom stereocenters. The molecule has 0 saturated heterocycles. The molecule has 4 heteroatoms. The quantitative estimate of drug-likeness (QED) is 0.885. The maximum Gasteiger partial charge on any atom is 0.229 e. The molecule has 19 heavy (non-hydrogen) atoms. The first-order chi connectivity index (χ1) is 9.18. The molecule has 2 aliphatic rings. The van der Waals surface area contributed by atoms with Gasteiger partial charge in [0, 0.05) is 12.0 Å². The number of fused-ring (bicyclic) bond motifs is 1. The van der Waals surface area contributed by atoms with Gasteiger partial charge in [0.1, 0.15) is 12.4 Å². The summed E-state index contributed by atoms with van der Waals surface area (Å²) in [6, 6.07) is 7.70. The molecule has 0 unspecified atom stereocenters. The highest BCUT2D eigenvalue weighted by molar-refractivity contribution is 5.95. The number of carbonyl (C=O) groups is 1. The minimum absolute atomic E-state index is 0.125. The molecule has 1 fully saturated rings. The number of anilines is 1. The van der Waals surface area contributed by atoms with Gasteiger partial charge in [-0.1, -0.05) is 25.0 Å². The van der Waals surface area contributed by atoms with E-state index in [-0.39, 0.29) is 11.4 Å². The third-order valence-corrected chi connectivity index (χ3v) is 4.13. The van der Waals surface area contributed by atoms with Crippen LogP contribution in [0.4, 0.5) is 5.69 Å². The number of benzene rings is 1. The molecule has 1 aromatic carbocycles. The van der Waals surface area contributed by atoms with Gasteiger partial charge >= 0.3 is 0 Å². The summed E-state index contributed by atoms with van der Waals surface area (Å²) >= 11 is 0. The molecule has 2 N–H and O–H groups in total. The molecule has 0 spiro atoms. The van der Waals surface area contributed by atoms with Gasteiger partial charge in [0.25, 0.3) is 0 Å². The van der Waals surface area contributed by atoms with Crippen molar-refractivity contribution in [2.75, 3.05) is 18.1 Å². The molecule has 1 aliphatic heterocycles. The lowest BCUT2D eigenvalue weighted by Gasteiger charge is -2.32. The Kier molecular flexibility index (Phi) is 3.19. The van der Waals surface area contributed by atoms with E-state index >= 15 is 0 Å². The standard InChI is InChI=1S/C15H20N2O2/c16-15(7-3-4-8-15)11-14(18)17-9-10-19-13-6-2-1-5-12(13)17/h1-2,5-6H,3-4,7-11,16H2. The minimum atomic E-state index is -0.287. The fourth-order valence-electron chi connectivity index (χ4n) is 3.08. The number of nitrogens with two attached hydrogens (primary N) is 1. The van der Waals surface area contributed by atoms with Gasteiger partial charge in [-0.15, -0.1) is 0 Å². The molecule has 0 aromatic heterocycles. The Balaban J connectivity index is 1.78. The number of nitrogens with zero attached hydrogens (tertiary/aromatic N) is 1. The van der Waals surface area contributed by atoms with Crippen LogP contribution in [0.5, 0.6) is 5.75 Å². The van der Waals surface area contributed by atoms with Crippen molar-refractivity contribution in [3.05, 3.63) is 24.3 Å². The van der Waals surface area contributed by atoms with Gasteiger partial charge in [0.05, 0.1) is 12.2 Å². The van der Waals surface area contributed by atoms with Crippen LogP contribution in [0.15, 0.2) is 24.3 Å². The molecule has 102 valence electrons. The lowest BCUT2D eigenvalue weighted by atomic mass is 9.94. The van der Waals surface area contributed by atoms with Crippen LogP contribution in [-0.4, -0.2) is 24.6 Å². The topological polar surface area (TPSA) is 55.6 Å². The average Bonchev–Trinajstić information content (AvgIpc) is 2.84. The van der Waals surface area contributed by atoms with E-state index in [0.29, 0.717) is 19.6 Å². The molecule has 0 radical (unpaired) electrons. The van der Waals surface area contributed by atoms with Crippen molar-refractivity contribution in [3.63, 3.8) is 0 Å². The SMILES string of the molecule is NC1(CC(=O)N2CCOc3ccccc32)CCCC1. The van der Waals surface area contributed by atoms with E-state index in [1.54, 1.807) is 0 Å². The largest absolute Gasteiger partial charge is 0.490 e. The van der Waals surface area contributed by atoms with E-state index in [9.17, 15) is 4.79 Å². The molecule has 4 nitrogen and oxygen atoms in total. The second-order valence-corrected chi connectivity index (χ2v) is 5.61. The van der Waals surface area contributed by atoms with E-state index in [4.69, 9.17) is 10.5 Å². The molecule has 0 bridgehead atoms. The van der Waals surface area contributed by atoms with E-state index in [2.05, 4.69) is 0 Å². The number of ether oxygens (including phenoxy) is 1. The summed E-state index contributed by atoms with van der Waals surface area (Å²) in [4.78, 5) is 14.3. The third kappa shape index (κ3) is 2.45. The monoisotopic (exact) mass is 260 g/mol.